The van der Waals surface area contributed by atoms with Gasteiger partial charge in [0.25, 0.3) is 0 Å². The molecule has 30 heavy (non-hydrogen) atoms. The predicted octanol–water partition coefficient (Wildman–Crippen LogP) is 7.18. The Bertz CT molecular complexity index is 507. The van der Waals surface area contributed by atoms with Crippen molar-refractivity contribution in [3.8, 4) is 0 Å². The van der Waals surface area contributed by atoms with Crippen molar-refractivity contribution >= 4 is 11.9 Å². The van der Waals surface area contributed by atoms with E-state index in [1.165, 1.54) is 25.7 Å². The SMILES string of the molecule is C/C=C(\CCC=CCC(=O)OCC(CC)CCCC)C(=O)OCC(CC)CCCC. The molecule has 0 heterocycles. The molecule has 0 aliphatic carbocycles. The molecule has 4 nitrogen and oxygen atoms in total. The van der Waals surface area contributed by atoms with E-state index >= 15 is 0 Å². The summed E-state index contributed by atoms with van der Waals surface area (Å²) in [4.78, 5) is 24.2. The van der Waals surface area contributed by atoms with E-state index in [0.29, 0.717) is 43.5 Å². The summed E-state index contributed by atoms with van der Waals surface area (Å²) in [5.41, 5.74) is 0.703. The molecule has 0 radical (unpaired) electrons. The Morgan fingerprint density at radius 2 is 1.40 bits per heavy atom. The zero-order chi connectivity index (χ0) is 22.6. The van der Waals surface area contributed by atoms with Gasteiger partial charge in [-0.1, -0.05) is 84.4 Å². The van der Waals surface area contributed by atoms with Crippen LogP contribution >= 0.6 is 0 Å². The van der Waals surface area contributed by atoms with E-state index in [1.807, 2.05) is 25.2 Å². The standard InChI is InChI=1S/C26H46O4/c1-6-11-16-22(8-3)20-29-25(27)19-15-13-14-18-24(10-5)26(28)30-21-23(9-4)17-12-7-2/h10,13,15,22-23H,6-9,11-12,14,16-21H2,1-5H3/b15-13?,24-10+. The number of rotatable bonds is 18. The maximum atomic E-state index is 12.3. The Labute approximate surface area is 185 Å². The van der Waals surface area contributed by atoms with Gasteiger partial charge in [0, 0.05) is 5.57 Å². The smallest absolute Gasteiger partial charge is 0.333 e. The van der Waals surface area contributed by atoms with Crippen molar-refractivity contribution in [2.24, 2.45) is 11.8 Å². The predicted molar refractivity (Wildman–Crippen MR) is 125 cm³/mol. The summed E-state index contributed by atoms with van der Waals surface area (Å²) in [6.07, 6.45) is 16.3. The molecular formula is C26H46O4. The summed E-state index contributed by atoms with van der Waals surface area (Å²) in [7, 11) is 0. The summed E-state index contributed by atoms with van der Waals surface area (Å²) in [6.45, 7) is 11.5. The van der Waals surface area contributed by atoms with E-state index < -0.39 is 0 Å². The van der Waals surface area contributed by atoms with Crippen LogP contribution in [0.3, 0.4) is 0 Å². The minimum atomic E-state index is -0.210. The Morgan fingerprint density at radius 1 is 0.833 bits per heavy atom. The first-order valence-corrected chi connectivity index (χ1v) is 12.1. The number of carbonyl (C=O) groups excluding carboxylic acids is 2. The molecule has 0 amide bonds. The fourth-order valence-corrected chi connectivity index (χ4v) is 3.25. The van der Waals surface area contributed by atoms with Gasteiger partial charge in [0.1, 0.15) is 0 Å². The second kappa shape index (κ2) is 19.4. The molecule has 0 saturated carbocycles. The van der Waals surface area contributed by atoms with E-state index in [4.69, 9.17) is 9.47 Å². The van der Waals surface area contributed by atoms with Crippen molar-refractivity contribution < 1.29 is 19.1 Å². The highest BCUT2D eigenvalue weighted by Gasteiger charge is 2.13. The number of carbonyl (C=O) groups is 2. The number of unbranched alkanes of at least 4 members (excludes halogenated alkanes) is 2. The first-order chi connectivity index (χ1) is 14.5. The maximum Gasteiger partial charge on any atom is 0.333 e. The van der Waals surface area contributed by atoms with Gasteiger partial charge >= 0.3 is 11.9 Å². The van der Waals surface area contributed by atoms with Gasteiger partial charge in [-0.15, -0.1) is 0 Å². The van der Waals surface area contributed by atoms with Crippen LogP contribution in [0.25, 0.3) is 0 Å². The minimum absolute atomic E-state index is 0.176. The summed E-state index contributed by atoms with van der Waals surface area (Å²) in [6, 6.07) is 0. The van der Waals surface area contributed by atoms with E-state index in [0.717, 1.165) is 25.7 Å². The van der Waals surface area contributed by atoms with Crippen LogP contribution in [0.5, 0.6) is 0 Å². The average molecular weight is 423 g/mol. The molecule has 4 heteroatoms. The topological polar surface area (TPSA) is 52.6 Å². The third kappa shape index (κ3) is 14.4. The molecule has 0 fully saturated rings. The van der Waals surface area contributed by atoms with Crippen LogP contribution in [0.1, 0.15) is 105 Å². The van der Waals surface area contributed by atoms with Crippen LogP contribution < -0.4 is 0 Å². The van der Waals surface area contributed by atoms with Crippen LogP contribution in [0.2, 0.25) is 0 Å². The number of allylic oxidation sites excluding steroid dienone is 2. The zero-order valence-electron chi connectivity index (χ0n) is 20.2. The third-order valence-electron chi connectivity index (χ3n) is 5.66. The van der Waals surface area contributed by atoms with Gasteiger partial charge in [-0.3, -0.25) is 4.79 Å². The van der Waals surface area contributed by atoms with Gasteiger partial charge in [-0.2, -0.15) is 0 Å². The van der Waals surface area contributed by atoms with E-state index in [-0.39, 0.29) is 18.4 Å². The summed E-state index contributed by atoms with van der Waals surface area (Å²) in [5.74, 6) is 0.533. The summed E-state index contributed by atoms with van der Waals surface area (Å²) >= 11 is 0. The van der Waals surface area contributed by atoms with Crippen LogP contribution in [0.15, 0.2) is 23.8 Å². The highest BCUT2D eigenvalue weighted by molar-refractivity contribution is 5.88. The number of esters is 2. The summed E-state index contributed by atoms with van der Waals surface area (Å²) in [5, 5.41) is 0. The second-order valence-corrected chi connectivity index (χ2v) is 8.14. The Balaban J connectivity index is 4.15. The van der Waals surface area contributed by atoms with Gasteiger partial charge in [-0.25, -0.2) is 4.79 Å². The Morgan fingerprint density at radius 3 is 1.90 bits per heavy atom. The Kier molecular flexibility index (Phi) is 18.4. The monoisotopic (exact) mass is 422 g/mol. The van der Waals surface area contributed by atoms with Crippen LogP contribution in [-0.4, -0.2) is 25.2 Å². The molecule has 0 rings (SSSR count). The maximum absolute atomic E-state index is 12.3. The van der Waals surface area contributed by atoms with Crippen LogP contribution in [0.4, 0.5) is 0 Å². The third-order valence-corrected chi connectivity index (χ3v) is 5.66. The highest BCUT2D eigenvalue weighted by Crippen LogP contribution is 2.16. The normalized spacial score (nSPS) is 14.0. The van der Waals surface area contributed by atoms with Crippen LogP contribution in [0, 0.1) is 11.8 Å². The number of hydrogen-bond donors (Lipinski definition) is 0. The molecule has 2 unspecified atom stereocenters. The molecular weight excluding hydrogens is 376 g/mol. The molecule has 0 aliphatic heterocycles. The lowest BCUT2D eigenvalue weighted by atomic mass is 10.0. The molecule has 0 bridgehead atoms. The van der Waals surface area contributed by atoms with Gasteiger partial charge in [0.05, 0.1) is 19.6 Å². The van der Waals surface area contributed by atoms with Crippen molar-refractivity contribution in [2.45, 2.75) is 105 Å². The fourth-order valence-electron chi connectivity index (χ4n) is 3.25. The van der Waals surface area contributed by atoms with Gasteiger partial charge in [0.15, 0.2) is 0 Å². The molecule has 0 aliphatic rings. The highest BCUT2D eigenvalue weighted by atomic mass is 16.5. The van der Waals surface area contributed by atoms with Gasteiger partial charge in [-0.05, 0) is 44.4 Å². The average Bonchev–Trinajstić information content (AvgIpc) is 2.76. The van der Waals surface area contributed by atoms with Crippen molar-refractivity contribution in [3.05, 3.63) is 23.8 Å². The van der Waals surface area contributed by atoms with Crippen molar-refractivity contribution in [3.63, 3.8) is 0 Å². The molecule has 0 saturated heterocycles. The lowest BCUT2D eigenvalue weighted by molar-refractivity contribution is -0.144. The molecule has 0 N–H and O–H groups in total. The van der Waals surface area contributed by atoms with E-state index in [9.17, 15) is 9.59 Å². The number of hydrogen-bond acceptors (Lipinski definition) is 4. The van der Waals surface area contributed by atoms with Crippen molar-refractivity contribution in [1.82, 2.24) is 0 Å². The molecule has 0 aromatic heterocycles. The molecule has 0 spiro atoms. The molecule has 0 aromatic rings. The van der Waals surface area contributed by atoms with E-state index in [2.05, 4.69) is 27.7 Å². The second-order valence-electron chi connectivity index (χ2n) is 8.14. The van der Waals surface area contributed by atoms with E-state index in [1.54, 1.807) is 0 Å². The van der Waals surface area contributed by atoms with Crippen molar-refractivity contribution in [1.29, 1.82) is 0 Å². The largest absolute Gasteiger partial charge is 0.465 e. The Hall–Kier alpha value is -1.58. The van der Waals surface area contributed by atoms with Crippen molar-refractivity contribution in [2.75, 3.05) is 13.2 Å². The quantitative estimate of drug-likeness (QED) is 0.133. The van der Waals surface area contributed by atoms with Gasteiger partial charge in [0.2, 0.25) is 0 Å². The lowest BCUT2D eigenvalue weighted by Gasteiger charge is -2.15. The number of ether oxygens (including phenoxy) is 2. The molecule has 2 atom stereocenters. The lowest BCUT2D eigenvalue weighted by Crippen LogP contribution is -2.15. The minimum Gasteiger partial charge on any atom is -0.465 e. The molecule has 0 aromatic carbocycles. The van der Waals surface area contributed by atoms with Crippen LogP contribution in [-0.2, 0) is 19.1 Å². The molecule has 174 valence electrons. The zero-order valence-corrected chi connectivity index (χ0v) is 20.2. The fraction of sp³-hybridized carbons (Fsp3) is 0.769. The first-order valence-electron chi connectivity index (χ1n) is 12.1. The summed E-state index contributed by atoms with van der Waals surface area (Å²) < 4.78 is 10.9. The first kappa shape index (κ1) is 28.4. The van der Waals surface area contributed by atoms with Gasteiger partial charge < -0.3 is 9.47 Å².